The standard InChI is InChI=1S/C25H18ClF3N4O2/c1-15-14-31-24(32-15)22-13-19(9-10-30-22)35-18-4-2-3-16(11-18)5-8-23(34)33-17-6-7-21(26)20(12-17)25(27,28)29/h2-14H,1H3,(H,31,32)(H,33,34). The van der Waals surface area contributed by atoms with Crippen LogP contribution in [0, 0.1) is 6.92 Å². The zero-order valence-electron chi connectivity index (χ0n) is 18.2. The minimum absolute atomic E-state index is 0.0197. The first-order chi connectivity index (χ1) is 16.7. The topological polar surface area (TPSA) is 79.9 Å². The minimum Gasteiger partial charge on any atom is -0.457 e. The molecule has 0 fully saturated rings. The van der Waals surface area contributed by atoms with Gasteiger partial charge in [0.1, 0.15) is 17.2 Å². The highest BCUT2D eigenvalue weighted by molar-refractivity contribution is 6.31. The normalized spacial score (nSPS) is 11.6. The summed E-state index contributed by atoms with van der Waals surface area (Å²) in [5.41, 5.74) is 1.15. The molecule has 2 aromatic carbocycles. The van der Waals surface area contributed by atoms with E-state index in [-0.39, 0.29) is 5.69 Å². The van der Waals surface area contributed by atoms with E-state index in [1.807, 2.05) is 6.92 Å². The Kier molecular flexibility index (Phi) is 6.88. The number of benzene rings is 2. The second kappa shape index (κ2) is 10.0. The lowest BCUT2D eigenvalue weighted by atomic mass is 10.2. The summed E-state index contributed by atoms with van der Waals surface area (Å²) in [4.78, 5) is 23.9. The van der Waals surface area contributed by atoms with Crippen molar-refractivity contribution in [3.05, 3.63) is 94.9 Å². The van der Waals surface area contributed by atoms with Crippen LogP contribution in [0.3, 0.4) is 0 Å². The van der Waals surface area contributed by atoms with Gasteiger partial charge in [-0.3, -0.25) is 9.78 Å². The third-order valence-corrected chi connectivity index (χ3v) is 5.07. The van der Waals surface area contributed by atoms with Gasteiger partial charge in [-0.05, 0) is 55.0 Å². The SMILES string of the molecule is Cc1cnc(-c2cc(Oc3cccc(C=CC(=O)Nc4ccc(Cl)c(C(F)(F)F)c4)c3)ccn2)[nH]1. The van der Waals surface area contributed by atoms with Crippen LogP contribution in [-0.4, -0.2) is 20.9 Å². The van der Waals surface area contributed by atoms with Crippen LogP contribution in [-0.2, 0) is 11.0 Å². The number of ether oxygens (including phenoxy) is 1. The number of pyridine rings is 1. The average Bonchev–Trinajstić information content (AvgIpc) is 3.25. The molecule has 0 unspecified atom stereocenters. The van der Waals surface area contributed by atoms with E-state index < -0.39 is 22.7 Å². The van der Waals surface area contributed by atoms with Crippen molar-refractivity contribution >= 4 is 29.3 Å². The van der Waals surface area contributed by atoms with Gasteiger partial charge in [-0.15, -0.1) is 0 Å². The van der Waals surface area contributed by atoms with Crippen LogP contribution >= 0.6 is 11.6 Å². The summed E-state index contributed by atoms with van der Waals surface area (Å²) >= 11 is 5.61. The highest BCUT2D eigenvalue weighted by atomic mass is 35.5. The van der Waals surface area contributed by atoms with Gasteiger partial charge in [0, 0.05) is 35.9 Å². The monoisotopic (exact) mass is 498 g/mol. The quantitative estimate of drug-likeness (QED) is 0.283. The number of nitrogens with one attached hydrogen (secondary N) is 2. The second-order valence-electron chi connectivity index (χ2n) is 7.48. The molecule has 0 aliphatic heterocycles. The van der Waals surface area contributed by atoms with Gasteiger partial charge in [0.05, 0.1) is 10.6 Å². The molecular weight excluding hydrogens is 481 g/mol. The number of aromatic nitrogens is 3. The molecule has 0 aliphatic rings. The molecule has 2 heterocycles. The molecule has 0 bridgehead atoms. The molecule has 1 amide bonds. The summed E-state index contributed by atoms with van der Waals surface area (Å²) < 4.78 is 44.9. The van der Waals surface area contributed by atoms with Crippen molar-refractivity contribution in [2.75, 3.05) is 5.32 Å². The lowest BCUT2D eigenvalue weighted by Gasteiger charge is -2.11. The number of carbonyl (C=O) groups excluding carboxylic acids is 1. The average molecular weight is 499 g/mol. The molecule has 0 saturated carbocycles. The number of hydrogen-bond donors (Lipinski definition) is 2. The highest BCUT2D eigenvalue weighted by Gasteiger charge is 2.33. The Bertz CT molecular complexity index is 1400. The summed E-state index contributed by atoms with van der Waals surface area (Å²) in [6, 6.07) is 13.6. The summed E-state index contributed by atoms with van der Waals surface area (Å²) in [5.74, 6) is 1.09. The Balaban J connectivity index is 1.43. The van der Waals surface area contributed by atoms with Crippen molar-refractivity contribution in [2.24, 2.45) is 0 Å². The first kappa shape index (κ1) is 24.0. The van der Waals surface area contributed by atoms with E-state index in [2.05, 4.69) is 20.3 Å². The molecule has 35 heavy (non-hydrogen) atoms. The maximum Gasteiger partial charge on any atom is 0.417 e. The van der Waals surface area contributed by atoms with Gasteiger partial charge < -0.3 is 15.0 Å². The minimum atomic E-state index is -4.62. The molecule has 0 atom stereocenters. The van der Waals surface area contributed by atoms with Crippen LogP contribution in [0.25, 0.3) is 17.6 Å². The fraction of sp³-hybridized carbons (Fsp3) is 0.0800. The molecule has 0 spiro atoms. The van der Waals surface area contributed by atoms with Crippen LogP contribution in [0.4, 0.5) is 18.9 Å². The molecule has 2 aromatic heterocycles. The molecule has 10 heteroatoms. The number of amides is 1. The lowest BCUT2D eigenvalue weighted by Crippen LogP contribution is -2.11. The second-order valence-corrected chi connectivity index (χ2v) is 7.89. The Morgan fingerprint density at radius 2 is 1.89 bits per heavy atom. The van der Waals surface area contributed by atoms with Crippen molar-refractivity contribution in [1.82, 2.24) is 15.0 Å². The van der Waals surface area contributed by atoms with Crippen molar-refractivity contribution in [1.29, 1.82) is 0 Å². The number of rotatable bonds is 6. The summed E-state index contributed by atoms with van der Waals surface area (Å²) in [6.45, 7) is 1.89. The van der Waals surface area contributed by atoms with E-state index in [1.165, 1.54) is 18.2 Å². The number of halogens is 4. The maximum atomic E-state index is 13.0. The number of H-pyrrole nitrogens is 1. The predicted molar refractivity (Wildman–Crippen MR) is 127 cm³/mol. The van der Waals surface area contributed by atoms with Crippen molar-refractivity contribution < 1.29 is 22.7 Å². The first-order valence-corrected chi connectivity index (χ1v) is 10.7. The fourth-order valence-corrected chi connectivity index (χ4v) is 3.37. The molecule has 2 N–H and O–H groups in total. The van der Waals surface area contributed by atoms with Crippen molar-refractivity contribution in [2.45, 2.75) is 13.1 Å². The molecule has 4 aromatic rings. The van der Waals surface area contributed by atoms with Gasteiger partial charge in [0.2, 0.25) is 5.91 Å². The molecule has 6 nitrogen and oxygen atoms in total. The molecule has 4 rings (SSSR count). The Labute approximate surface area is 203 Å². The molecule has 178 valence electrons. The molecule has 0 radical (unpaired) electrons. The maximum absolute atomic E-state index is 13.0. The number of hydrogen-bond acceptors (Lipinski definition) is 4. The van der Waals surface area contributed by atoms with Gasteiger partial charge in [-0.2, -0.15) is 13.2 Å². The highest BCUT2D eigenvalue weighted by Crippen LogP contribution is 2.36. The number of carbonyl (C=O) groups is 1. The Morgan fingerprint density at radius 1 is 1.09 bits per heavy atom. The van der Waals surface area contributed by atoms with Gasteiger partial charge in [0.25, 0.3) is 0 Å². The van der Waals surface area contributed by atoms with Crippen LogP contribution < -0.4 is 10.1 Å². The van der Waals surface area contributed by atoms with Crippen molar-refractivity contribution in [3.8, 4) is 23.0 Å². The third-order valence-electron chi connectivity index (χ3n) is 4.74. The summed E-state index contributed by atoms with van der Waals surface area (Å²) in [6.07, 6.45) is 1.42. The van der Waals surface area contributed by atoms with E-state index in [1.54, 1.807) is 48.8 Å². The van der Waals surface area contributed by atoms with E-state index in [0.29, 0.717) is 28.6 Å². The van der Waals surface area contributed by atoms with Gasteiger partial charge >= 0.3 is 6.18 Å². The summed E-state index contributed by atoms with van der Waals surface area (Å²) in [7, 11) is 0. The Hall–Kier alpha value is -4.11. The number of anilines is 1. The Morgan fingerprint density at radius 3 is 2.63 bits per heavy atom. The van der Waals surface area contributed by atoms with Crippen LogP contribution in [0.5, 0.6) is 11.5 Å². The van der Waals surface area contributed by atoms with E-state index >= 15 is 0 Å². The lowest BCUT2D eigenvalue weighted by molar-refractivity contribution is -0.137. The first-order valence-electron chi connectivity index (χ1n) is 10.3. The van der Waals surface area contributed by atoms with Gasteiger partial charge in [-0.25, -0.2) is 4.98 Å². The number of aromatic amines is 1. The van der Waals surface area contributed by atoms with E-state index in [4.69, 9.17) is 16.3 Å². The van der Waals surface area contributed by atoms with Gasteiger partial charge in [0.15, 0.2) is 5.82 Å². The fourth-order valence-electron chi connectivity index (χ4n) is 3.14. The van der Waals surface area contributed by atoms with Crippen LogP contribution in [0.15, 0.2) is 73.1 Å². The third kappa shape index (κ3) is 6.27. The number of aryl methyl sites for hydroxylation is 1. The predicted octanol–water partition coefficient (Wildman–Crippen LogP) is 6.90. The number of alkyl halides is 3. The molecular formula is C25H18ClF3N4O2. The van der Waals surface area contributed by atoms with E-state index in [9.17, 15) is 18.0 Å². The van der Waals surface area contributed by atoms with Crippen LogP contribution in [0.1, 0.15) is 16.8 Å². The number of nitrogens with zero attached hydrogens (tertiary/aromatic N) is 2. The summed E-state index contributed by atoms with van der Waals surface area (Å²) in [5, 5.41) is 1.96. The van der Waals surface area contributed by atoms with E-state index in [0.717, 1.165) is 17.8 Å². The van der Waals surface area contributed by atoms with Crippen molar-refractivity contribution in [3.63, 3.8) is 0 Å². The molecule has 0 aliphatic carbocycles. The van der Waals surface area contributed by atoms with Crippen LogP contribution in [0.2, 0.25) is 5.02 Å². The molecule has 0 saturated heterocycles. The smallest absolute Gasteiger partial charge is 0.417 e. The zero-order valence-corrected chi connectivity index (χ0v) is 19.0. The number of imidazole rings is 1. The zero-order chi connectivity index (χ0) is 25.0. The largest absolute Gasteiger partial charge is 0.457 e. The van der Waals surface area contributed by atoms with Gasteiger partial charge in [-0.1, -0.05) is 23.7 Å².